The molecule has 0 N–H and O–H groups in total. The molecule has 0 heterocycles. The molecule has 1 atom stereocenters. The largest absolute Gasteiger partial charge is 0.376 e. The molecular weight excluding hydrogens is 176 g/mol. The molecule has 0 aliphatic rings. The Balaban J connectivity index is 3.59. The molecule has 0 fully saturated rings. The highest BCUT2D eigenvalue weighted by Crippen LogP contribution is 2.19. The zero-order valence-electron chi connectivity index (χ0n) is 10.0. The highest BCUT2D eigenvalue weighted by molar-refractivity contribution is 5.52. The van der Waals surface area contributed by atoms with Gasteiger partial charge in [-0.2, -0.15) is 0 Å². The Kier molecular flexibility index (Phi) is 6.81. The van der Waals surface area contributed by atoms with Gasteiger partial charge in [-0.1, -0.05) is 13.8 Å². The lowest BCUT2D eigenvalue weighted by Crippen LogP contribution is -2.24. The lowest BCUT2D eigenvalue weighted by atomic mass is 9.97. The topological polar surface area (TPSA) is 26.3 Å². The van der Waals surface area contributed by atoms with Gasteiger partial charge >= 0.3 is 0 Å². The SMILES string of the molecule is CCCOC(C)(C)CCCC(C)C=O. The number of aldehydes is 1. The molecule has 0 saturated carbocycles. The van der Waals surface area contributed by atoms with Gasteiger partial charge in [0.2, 0.25) is 0 Å². The van der Waals surface area contributed by atoms with Gasteiger partial charge in [0.05, 0.1) is 5.60 Å². The van der Waals surface area contributed by atoms with Gasteiger partial charge in [-0.05, 0) is 39.5 Å². The number of carbonyl (C=O) groups is 1. The predicted molar refractivity (Wildman–Crippen MR) is 59.4 cm³/mol. The average Bonchev–Trinajstić information content (AvgIpc) is 2.14. The van der Waals surface area contributed by atoms with Crippen LogP contribution in [0, 0.1) is 5.92 Å². The molecule has 84 valence electrons. The van der Waals surface area contributed by atoms with E-state index in [0.29, 0.717) is 0 Å². The van der Waals surface area contributed by atoms with E-state index in [1.165, 1.54) is 0 Å². The van der Waals surface area contributed by atoms with Crippen LogP contribution in [-0.4, -0.2) is 18.5 Å². The molecule has 2 nitrogen and oxygen atoms in total. The zero-order chi connectivity index (χ0) is 11.0. The van der Waals surface area contributed by atoms with E-state index in [-0.39, 0.29) is 11.5 Å². The van der Waals surface area contributed by atoms with Gasteiger partial charge in [-0.15, -0.1) is 0 Å². The Bertz CT molecular complexity index is 152. The van der Waals surface area contributed by atoms with E-state index in [0.717, 1.165) is 38.6 Å². The van der Waals surface area contributed by atoms with E-state index in [4.69, 9.17) is 4.74 Å². The standard InChI is InChI=1S/C12H24O2/c1-5-9-14-12(3,4)8-6-7-11(2)10-13/h10-11H,5-9H2,1-4H3. The quantitative estimate of drug-likeness (QED) is 0.562. The van der Waals surface area contributed by atoms with Crippen molar-refractivity contribution in [2.45, 2.75) is 59.0 Å². The molecule has 0 radical (unpaired) electrons. The second-order valence-electron chi connectivity index (χ2n) is 4.61. The van der Waals surface area contributed by atoms with E-state index in [1.54, 1.807) is 0 Å². The van der Waals surface area contributed by atoms with Crippen molar-refractivity contribution < 1.29 is 9.53 Å². The molecule has 0 aromatic carbocycles. The summed E-state index contributed by atoms with van der Waals surface area (Å²) in [5.41, 5.74) is -0.0292. The fourth-order valence-corrected chi connectivity index (χ4v) is 1.37. The molecular formula is C12H24O2. The van der Waals surface area contributed by atoms with Crippen LogP contribution in [-0.2, 0) is 9.53 Å². The molecule has 0 aliphatic carbocycles. The number of ether oxygens (including phenoxy) is 1. The van der Waals surface area contributed by atoms with E-state index >= 15 is 0 Å². The molecule has 0 aromatic rings. The van der Waals surface area contributed by atoms with Crippen molar-refractivity contribution in [2.24, 2.45) is 5.92 Å². The van der Waals surface area contributed by atoms with Gasteiger partial charge in [0, 0.05) is 12.5 Å². The molecule has 0 bridgehead atoms. The fraction of sp³-hybridized carbons (Fsp3) is 0.917. The smallest absolute Gasteiger partial charge is 0.122 e. The third-order valence-electron chi connectivity index (χ3n) is 2.37. The molecule has 14 heavy (non-hydrogen) atoms. The Hall–Kier alpha value is -0.370. The van der Waals surface area contributed by atoms with Crippen LogP contribution in [0.25, 0.3) is 0 Å². The number of rotatable bonds is 8. The highest BCUT2D eigenvalue weighted by Gasteiger charge is 2.17. The van der Waals surface area contributed by atoms with Crippen LogP contribution in [0.3, 0.4) is 0 Å². The Morgan fingerprint density at radius 3 is 2.57 bits per heavy atom. The van der Waals surface area contributed by atoms with Crippen LogP contribution < -0.4 is 0 Å². The first-order chi connectivity index (χ1) is 6.52. The molecule has 0 saturated heterocycles. The average molecular weight is 200 g/mol. The Labute approximate surface area is 88.0 Å². The third kappa shape index (κ3) is 7.07. The van der Waals surface area contributed by atoms with Gasteiger partial charge in [-0.3, -0.25) is 0 Å². The maximum absolute atomic E-state index is 10.4. The minimum atomic E-state index is -0.0292. The van der Waals surface area contributed by atoms with Gasteiger partial charge in [0.1, 0.15) is 6.29 Å². The summed E-state index contributed by atoms with van der Waals surface area (Å²) >= 11 is 0. The molecule has 0 aliphatic heterocycles. The summed E-state index contributed by atoms with van der Waals surface area (Å²) in [6.45, 7) is 9.15. The lowest BCUT2D eigenvalue weighted by Gasteiger charge is -2.25. The Morgan fingerprint density at radius 2 is 2.07 bits per heavy atom. The second kappa shape index (κ2) is 6.99. The fourth-order valence-electron chi connectivity index (χ4n) is 1.37. The summed E-state index contributed by atoms with van der Waals surface area (Å²) < 4.78 is 5.71. The maximum atomic E-state index is 10.4. The van der Waals surface area contributed by atoms with Gasteiger partial charge < -0.3 is 9.53 Å². The van der Waals surface area contributed by atoms with E-state index < -0.39 is 0 Å². The van der Waals surface area contributed by atoms with Gasteiger partial charge in [-0.25, -0.2) is 0 Å². The lowest BCUT2D eigenvalue weighted by molar-refractivity contribution is -0.111. The summed E-state index contributed by atoms with van der Waals surface area (Å²) in [5.74, 6) is 0.192. The molecule has 1 unspecified atom stereocenters. The Morgan fingerprint density at radius 1 is 1.43 bits per heavy atom. The zero-order valence-corrected chi connectivity index (χ0v) is 10.0. The monoisotopic (exact) mass is 200 g/mol. The van der Waals surface area contributed by atoms with Crippen LogP contribution >= 0.6 is 0 Å². The summed E-state index contributed by atoms with van der Waals surface area (Å²) in [5, 5.41) is 0. The van der Waals surface area contributed by atoms with E-state index in [2.05, 4.69) is 20.8 Å². The van der Waals surface area contributed by atoms with Crippen LogP contribution in [0.2, 0.25) is 0 Å². The first-order valence-electron chi connectivity index (χ1n) is 5.61. The molecule has 0 amide bonds. The molecule has 0 aromatic heterocycles. The minimum Gasteiger partial charge on any atom is -0.376 e. The molecule has 2 heteroatoms. The first-order valence-corrected chi connectivity index (χ1v) is 5.61. The van der Waals surface area contributed by atoms with Crippen molar-refractivity contribution in [3.8, 4) is 0 Å². The van der Waals surface area contributed by atoms with Crippen molar-refractivity contribution in [2.75, 3.05) is 6.61 Å². The normalized spacial score (nSPS) is 14.0. The molecule has 0 rings (SSSR count). The van der Waals surface area contributed by atoms with Crippen molar-refractivity contribution >= 4 is 6.29 Å². The highest BCUT2D eigenvalue weighted by atomic mass is 16.5. The summed E-state index contributed by atoms with van der Waals surface area (Å²) in [6, 6.07) is 0. The van der Waals surface area contributed by atoms with Gasteiger partial charge in [0.25, 0.3) is 0 Å². The number of hydrogen-bond donors (Lipinski definition) is 0. The van der Waals surface area contributed by atoms with Crippen LogP contribution in [0.1, 0.15) is 53.4 Å². The first kappa shape index (κ1) is 13.6. The number of carbonyl (C=O) groups excluding carboxylic acids is 1. The van der Waals surface area contributed by atoms with Crippen LogP contribution in [0.5, 0.6) is 0 Å². The van der Waals surface area contributed by atoms with Crippen LogP contribution in [0.15, 0.2) is 0 Å². The summed E-state index contributed by atoms with van der Waals surface area (Å²) in [7, 11) is 0. The number of hydrogen-bond acceptors (Lipinski definition) is 2. The van der Waals surface area contributed by atoms with Crippen molar-refractivity contribution in [1.82, 2.24) is 0 Å². The van der Waals surface area contributed by atoms with Crippen molar-refractivity contribution in [3.05, 3.63) is 0 Å². The van der Waals surface area contributed by atoms with E-state index in [9.17, 15) is 4.79 Å². The second-order valence-corrected chi connectivity index (χ2v) is 4.61. The maximum Gasteiger partial charge on any atom is 0.122 e. The van der Waals surface area contributed by atoms with E-state index in [1.807, 2.05) is 6.92 Å². The van der Waals surface area contributed by atoms with Crippen LogP contribution in [0.4, 0.5) is 0 Å². The van der Waals surface area contributed by atoms with Gasteiger partial charge in [0.15, 0.2) is 0 Å². The minimum absolute atomic E-state index is 0.0292. The van der Waals surface area contributed by atoms with Crippen molar-refractivity contribution in [1.29, 1.82) is 0 Å². The molecule has 0 spiro atoms. The predicted octanol–water partition coefficient (Wildman–Crippen LogP) is 3.20. The van der Waals surface area contributed by atoms with Crippen molar-refractivity contribution in [3.63, 3.8) is 0 Å². The summed E-state index contributed by atoms with van der Waals surface area (Å²) in [6.07, 6.45) is 5.16. The third-order valence-corrected chi connectivity index (χ3v) is 2.37. The summed E-state index contributed by atoms with van der Waals surface area (Å²) in [4.78, 5) is 10.4.